The highest BCUT2D eigenvalue weighted by Crippen LogP contribution is 2.31. The fourth-order valence-electron chi connectivity index (χ4n) is 3.89. The van der Waals surface area contributed by atoms with E-state index >= 15 is 0 Å². The van der Waals surface area contributed by atoms with Crippen LogP contribution in [0.4, 0.5) is 20.4 Å². The van der Waals surface area contributed by atoms with Crippen molar-refractivity contribution < 1.29 is 13.6 Å². The number of thiophene rings is 1. The maximum atomic E-state index is 14.0. The van der Waals surface area contributed by atoms with Gasteiger partial charge in [0.05, 0.1) is 29.9 Å². The van der Waals surface area contributed by atoms with Crippen LogP contribution in [0.2, 0.25) is 0 Å². The molecule has 2 aromatic carbocycles. The van der Waals surface area contributed by atoms with Gasteiger partial charge in [-0.3, -0.25) is 4.79 Å². The van der Waals surface area contributed by atoms with Gasteiger partial charge in [0, 0.05) is 15.1 Å². The van der Waals surface area contributed by atoms with Gasteiger partial charge in [-0.2, -0.15) is 0 Å². The van der Waals surface area contributed by atoms with Gasteiger partial charge in [-0.25, -0.2) is 23.7 Å². The minimum atomic E-state index is -0.622. The van der Waals surface area contributed by atoms with Crippen LogP contribution in [0.3, 0.4) is 0 Å². The molecule has 0 aliphatic heterocycles. The molecule has 0 radical (unpaired) electrons. The number of carbonyl (C=O) groups excluding carboxylic acids is 1. The lowest BCUT2D eigenvalue weighted by atomic mass is 10.1. The first-order chi connectivity index (χ1) is 17.9. The average molecular weight is 517 g/mol. The van der Waals surface area contributed by atoms with E-state index in [0.29, 0.717) is 12.4 Å². The van der Waals surface area contributed by atoms with Crippen LogP contribution >= 0.6 is 11.3 Å². The Morgan fingerprint density at radius 2 is 1.81 bits per heavy atom. The molecule has 0 bridgehead atoms. The number of nitrogens with one attached hydrogen (secondary N) is 2. The summed E-state index contributed by atoms with van der Waals surface area (Å²) in [5.41, 5.74) is 8.56. The van der Waals surface area contributed by atoms with Crippen LogP contribution in [0.15, 0.2) is 73.2 Å². The molecule has 0 spiro atoms. The van der Waals surface area contributed by atoms with Crippen LogP contribution in [0.1, 0.15) is 33.8 Å². The summed E-state index contributed by atoms with van der Waals surface area (Å²) in [4.78, 5) is 27.4. The van der Waals surface area contributed by atoms with E-state index in [-0.39, 0.29) is 17.2 Å². The first kappa shape index (κ1) is 24.3. The van der Waals surface area contributed by atoms with Crippen molar-refractivity contribution in [3.05, 3.63) is 101 Å². The van der Waals surface area contributed by atoms with Gasteiger partial charge in [-0.1, -0.05) is 18.2 Å². The van der Waals surface area contributed by atoms with E-state index in [2.05, 4.69) is 25.6 Å². The molecule has 0 unspecified atom stereocenters. The molecule has 37 heavy (non-hydrogen) atoms. The number of pyridine rings is 1. The summed E-state index contributed by atoms with van der Waals surface area (Å²) in [5, 5.41) is 6.75. The third-order valence-corrected chi connectivity index (χ3v) is 6.99. The van der Waals surface area contributed by atoms with E-state index in [1.807, 2.05) is 30.3 Å². The normalized spacial score (nSPS) is 11.9. The number of benzene rings is 2. The molecule has 0 aliphatic carbocycles. The first-order valence-corrected chi connectivity index (χ1v) is 12.2. The van der Waals surface area contributed by atoms with Gasteiger partial charge < -0.3 is 16.4 Å². The predicted octanol–water partition coefficient (Wildman–Crippen LogP) is 5.72. The quantitative estimate of drug-likeness (QED) is 0.256. The summed E-state index contributed by atoms with van der Waals surface area (Å²) >= 11 is 1.57. The third kappa shape index (κ3) is 5.39. The van der Waals surface area contributed by atoms with E-state index in [1.54, 1.807) is 30.4 Å². The molecule has 1 atom stereocenters. The van der Waals surface area contributed by atoms with Crippen LogP contribution in [0.5, 0.6) is 0 Å². The van der Waals surface area contributed by atoms with E-state index in [9.17, 15) is 13.6 Å². The summed E-state index contributed by atoms with van der Waals surface area (Å²) in [6.07, 6.45) is 2.50. The smallest absolute Gasteiger partial charge is 0.255 e. The number of hydrogen-bond donors (Lipinski definition) is 3. The molecule has 1 amide bonds. The largest absolute Gasteiger partial charge is 0.383 e. The monoisotopic (exact) mass is 516 g/mol. The molecule has 7 nitrogen and oxygen atoms in total. The average Bonchev–Trinajstić information content (AvgIpc) is 3.37. The molecule has 10 heteroatoms. The lowest BCUT2D eigenvalue weighted by molar-refractivity contribution is 0.0940. The molecule has 4 N–H and O–H groups in total. The predicted molar refractivity (Wildman–Crippen MR) is 141 cm³/mol. The number of halogens is 2. The number of carbonyl (C=O) groups is 1. The number of rotatable bonds is 7. The molecule has 3 aromatic heterocycles. The zero-order valence-corrected chi connectivity index (χ0v) is 20.5. The maximum absolute atomic E-state index is 14.0. The molecule has 5 aromatic rings. The second-order valence-electron chi connectivity index (χ2n) is 8.41. The van der Waals surface area contributed by atoms with Crippen molar-refractivity contribution in [1.82, 2.24) is 20.3 Å². The highest BCUT2D eigenvalue weighted by molar-refractivity contribution is 7.15. The summed E-state index contributed by atoms with van der Waals surface area (Å²) in [7, 11) is 0. The number of aromatic nitrogens is 3. The van der Waals surface area contributed by atoms with Gasteiger partial charge in [0.15, 0.2) is 0 Å². The Labute approximate surface area is 215 Å². The summed E-state index contributed by atoms with van der Waals surface area (Å²) in [6, 6.07) is 16.4. The summed E-state index contributed by atoms with van der Waals surface area (Å²) in [6.45, 7) is 2.15. The molecular formula is C27H22F2N6OS. The van der Waals surface area contributed by atoms with Gasteiger partial charge >= 0.3 is 0 Å². The van der Waals surface area contributed by atoms with Crippen LogP contribution < -0.4 is 16.4 Å². The number of anilines is 2. The van der Waals surface area contributed by atoms with Gasteiger partial charge in [-0.05, 0) is 60.5 Å². The number of nitrogen functional groups attached to an aromatic ring is 1. The molecule has 0 saturated carbocycles. The Morgan fingerprint density at radius 1 is 1.00 bits per heavy atom. The van der Waals surface area contributed by atoms with Crippen molar-refractivity contribution in [2.24, 2.45) is 0 Å². The Hall–Kier alpha value is -4.44. The topological polar surface area (TPSA) is 106 Å². The van der Waals surface area contributed by atoms with E-state index < -0.39 is 17.8 Å². The Bertz CT molecular complexity index is 1590. The van der Waals surface area contributed by atoms with Crippen LogP contribution in [-0.2, 0) is 6.54 Å². The van der Waals surface area contributed by atoms with Crippen molar-refractivity contribution in [3.8, 4) is 10.4 Å². The van der Waals surface area contributed by atoms with Crippen LogP contribution in [0.25, 0.3) is 21.3 Å². The van der Waals surface area contributed by atoms with Crippen molar-refractivity contribution in [2.45, 2.75) is 19.5 Å². The Morgan fingerprint density at radius 3 is 2.62 bits per heavy atom. The molecule has 186 valence electrons. The Kier molecular flexibility index (Phi) is 6.74. The van der Waals surface area contributed by atoms with E-state index in [0.717, 1.165) is 44.0 Å². The third-order valence-electron chi connectivity index (χ3n) is 5.86. The number of amides is 1. The Balaban J connectivity index is 1.31. The summed E-state index contributed by atoms with van der Waals surface area (Å²) < 4.78 is 27.2. The SMILES string of the molecule is C[C@H](NC(=O)c1cc(F)cnc1NCc1ccc(-c2ccc3ncnc(N)c3c2)s1)c1ccc(F)cc1. The van der Waals surface area contributed by atoms with Crippen LogP contribution in [-0.4, -0.2) is 20.9 Å². The zero-order chi connectivity index (χ0) is 25.9. The van der Waals surface area contributed by atoms with Crippen molar-refractivity contribution in [1.29, 1.82) is 0 Å². The molecule has 0 aliphatic rings. The van der Waals surface area contributed by atoms with Gasteiger partial charge in [0.1, 0.15) is 29.6 Å². The van der Waals surface area contributed by atoms with E-state index in [4.69, 9.17) is 5.73 Å². The molecule has 0 saturated heterocycles. The standard InChI is InChI=1S/C27H22F2N6OS/c1-15(16-2-5-18(28)6-3-16)35-27(36)22-11-19(29)12-31-26(22)32-13-20-7-9-24(37-20)17-4-8-23-21(10-17)25(30)34-14-33-23/h2-12,14-15H,13H2,1H3,(H,31,32)(H,35,36)(H2,30,33,34)/t15-/m0/s1. The maximum Gasteiger partial charge on any atom is 0.255 e. The van der Waals surface area contributed by atoms with Gasteiger partial charge in [0.25, 0.3) is 5.91 Å². The fraction of sp³-hybridized carbons (Fsp3) is 0.111. The lowest BCUT2D eigenvalue weighted by Gasteiger charge is -2.16. The van der Waals surface area contributed by atoms with Crippen molar-refractivity contribution in [3.63, 3.8) is 0 Å². The second-order valence-corrected chi connectivity index (χ2v) is 9.58. The van der Waals surface area contributed by atoms with Crippen molar-refractivity contribution in [2.75, 3.05) is 11.1 Å². The number of nitrogens with two attached hydrogens (primary N) is 1. The highest BCUT2D eigenvalue weighted by atomic mass is 32.1. The highest BCUT2D eigenvalue weighted by Gasteiger charge is 2.18. The fourth-order valence-corrected chi connectivity index (χ4v) is 4.83. The lowest BCUT2D eigenvalue weighted by Crippen LogP contribution is -2.28. The number of hydrogen-bond acceptors (Lipinski definition) is 7. The van der Waals surface area contributed by atoms with Crippen LogP contribution in [0, 0.1) is 11.6 Å². The molecule has 0 fully saturated rings. The number of fused-ring (bicyclic) bond motifs is 1. The van der Waals surface area contributed by atoms with Gasteiger partial charge in [0.2, 0.25) is 0 Å². The minimum absolute atomic E-state index is 0.0794. The first-order valence-electron chi connectivity index (χ1n) is 11.4. The zero-order valence-electron chi connectivity index (χ0n) is 19.7. The van der Waals surface area contributed by atoms with Crippen molar-refractivity contribution >= 4 is 39.8 Å². The molecular weight excluding hydrogens is 494 g/mol. The molecule has 5 rings (SSSR count). The summed E-state index contributed by atoms with van der Waals surface area (Å²) in [5.74, 6) is -0.793. The number of nitrogens with zero attached hydrogens (tertiary/aromatic N) is 3. The van der Waals surface area contributed by atoms with Gasteiger partial charge in [-0.15, -0.1) is 11.3 Å². The van der Waals surface area contributed by atoms with E-state index in [1.165, 1.54) is 18.5 Å². The molecule has 3 heterocycles. The second kappa shape index (κ2) is 10.3. The minimum Gasteiger partial charge on any atom is -0.383 e.